The standard InChI is InChI=1S/C21H18N2O2S/c24-20(23-18-12-14-25-19-11-5-4-9-16(18)19)17-10-6-13-22-21(17)26-15-7-2-1-3-8-15/h1-11,13,18H,12,14H2,(H,23,24). The summed E-state index contributed by atoms with van der Waals surface area (Å²) in [7, 11) is 0. The highest BCUT2D eigenvalue weighted by molar-refractivity contribution is 7.99. The summed E-state index contributed by atoms with van der Waals surface area (Å²) in [6.07, 6.45) is 2.47. The summed E-state index contributed by atoms with van der Waals surface area (Å²) in [5, 5.41) is 3.85. The molecule has 1 aromatic heterocycles. The highest BCUT2D eigenvalue weighted by Crippen LogP contribution is 2.33. The number of aromatic nitrogens is 1. The molecule has 0 spiro atoms. The van der Waals surface area contributed by atoms with Crippen molar-refractivity contribution in [2.45, 2.75) is 22.4 Å². The lowest BCUT2D eigenvalue weighted by atomic mass is 10.0. The number of hydrogen-bond acceptors (Lipinski definition) is 4. The Kier molecular flexibility index (Phi) is 4.88. The minimum atomic E-state index is -0.113. The molecule has 1 amide bonds. The lowest BCUT2D eigenvalue weighted by Gasteiger charge is -2.26. The average molecular weight is 362 g/mol. The van der Waals surface area contributed by atoms with Gasteiger partial charge >= 0.3 is 0 Å². The van der Waals surface area contributed by atoms with Crippen LogP contribution in [0.5, 0.6) is 5.75 Å². The van der Waals surface area contributed by atoms with E-state index in [9.17, 15) is 4.79 Å². The van der Waals surface area contributed by atoms with E-state index in [1.165, 1.54) is 11.8 Å². The van der Waals surface area contributed by atoms with Crippen LogP contribution in [-0.2, 0) is 0 Å². The van der Waals surface area contributed by atoms with Crippen molar-refractivity contribution in [3.05, 3.63) is 84.1 Å². The van der Waals surface area contributed by atoms with Gasteiger partial charge in [-0.1, -0.05) is 48.2 Å². The Bertz CT molecular complexity index is 915. The fourth-order valence-electron chi connectivity index (χ4n) is 2.97. The van der Waals surface area contributed by atoms with Gasteiger partial charge in [0.25, 0.3) is 5.91 Å². The predicted molar refractivity (Wildman–Crippen MR) is 102 cm³/mol. The first kappa shape index (κ1) is 16.7. The maximum absolute atomic E-state index is 12.9. The van der Waals surface area contributed by atoms with Gasteiger partial charge in [0.2, 0.25) is 0 Å². The number of benzene rings is 2. The average Bonchev–Trinajstić information content (AvgIpc) is 2.69. The predicted octanol–water partition coefficient (Wildman–Crippen LogP) is 4.49. The summed E-state index contributed by atoms with van der Waals surface area (Å²) < 4.78 is 5.68. The third-order valence-electron chi connectivity index (χ3n) is 4.24. The molecule has 4 nitrogen and oxygen atoms in total. The third kappa shape index (κ3) is 3.58. The van der Waals surface area contributed by atoms with Crippen molar-refractivity contribution in [2.24, 2.45) is 0 Å². The molecule has 0 fully saturated rings. The topological polar surface area (TPSA) is 51.2 Å². The second-order valence-electron chi connectivity index (χ2n) is 5.97. The monoisotopic (exact) mass is 362 g/mol. The minimum absolute atomic E-state index is 0.0535. The molecule has 0 saturated heterocycles. The number of fused-ring (bicyclic) bond motifs is 1. The number of pyridine rings is 1. The zero-order valence-electron chi connectivity index (χ0n) is 14.1. The molecule has 0 radical (unpaired) electrons. The number of carbonyl (C=O) groups excluding carboxylic acids is 1. The van der Waals surface area contributed by atoms with Crippen molar-refractivity contribution in [1.82, 2.24) is 10.3 Å². The summed E-state index contributed by atoms with van der Waals surface area (Å²) in [6.45, 7) is 0.598. The number of ether oxygens (including phenoxy) is 1. The molecule has 5 heteroatoms. The molecule has 1 aliphatic rings. The molecule has 4 rings (SSSR count). The first-order valence-corrected chi connectivity index (χ1v) is 9.33. The van der Waals surface area contributed by atoms with Crippen molar-refractivity contribution >= 4 is 17.7 Å². The molecule has 0 bridgehead atoms. The van der Waals surface area contributed by atoms with Crippen molar-refractivity contribution in [2.75, 3.05) is 6.61 Å². The van der Waals surface area contributed by atoms with E-state index in [4.69, 9.17) is 4.74 Å². The molecule has 2 aromatic carbocycles. The highest BCUT2D eigenvalue weighted by Gasteiger charge is 2.24. The van der Waals surface area contributed by atoms with Gasteiger partial charge < -0.3 is 10.1 Å². The van der Waals surface area contributed by atoms with E-state index in [2.05, 4.69) is 10.3 Å². The van der Waals surface area contributed by atoms with Crippen LogP contribution < -0.4 is 10.1 Å². The molecule has 1 aliphatic heterocycles. The Morgan fingerprint density at radius 2 is 1.85 bits per heavy atom. The first-order valence-electron chi connectivity index (χ1n) is 8.52. The third-order valence-corrected chi connectivity index (χ3v) is 5.26. The van der Waals surface area contributed by atoms with Crippen LogP contribution in [0.3, 0.4) is 0 Å². The van der Waals surface area contributed by atoms with Crippen LogP contribution >= 0.6 is 11.8 Å². The van der Waals surface area contributed by atoms with Gasteiger partial charge in [-0.25, -0.2) is 4.98 Å². The zero-order chi connectivity index (χ0) is 17.8. The normalized spacial score (nSPS) is 15.6. The fourth-order valence-corrected chi connectivity index (χ4v) is 3.87. The van der Waals surface area contributed by atoms with Crippen LogP contribution in [0, 0.1) is 0 Å². The van der Waals surface area contributed by atoms with Crippen molar-refractivity contribution in [3.8, 4) is 5.75 Å². The van der Waals surface area contributed by atoms with Gasteiger partial charge in [0.15, 0.2) is 0 Å². The van der Waals surface area contributed by atoms with Crippen LogP contribution in [-0.4, -0.2) is 17.5 Å². The van der Waals surface area contributed by atoms with Crippen molar-refractivity contribution in [3.63, 3.8) is 0 Å². The van der Waals surface area contributed by atoms with E-state index in [1.54, 1.807) is 12.3 Å². The largest absolute Gasteiger partial charge is 0.493 e. The van der Waals surface area contributed by atoms with Crippen molar-refractivity contribution in [1.29, 1.82) is 0 Å². The van der Waals surface area contributed by atoms with E-state index in [0.29, 0.717) is 17.2 Å². The molecule has 0 aliphatic carbocycles. The maximum Gasteiger partial charge on any atom is 0.254 e. The first-order chi connectivity index (χ1) is 12.8. The maximum atomic E-state index is 12.9. The highest BCUT2D eigenvalue weighted by atomic mass is 32.2. The number of amides is 1. The SMILES string of the molecule is O=C(NC1CCOc2ccccc21)c1cccnc1Sc1ccccc1. The number of nitrogens with one attached hydrogen (secondary N) is 1. The van der Waals surface area contributed by atoms with Crippen molar-refractivity contribution < 1.29 is 9.53 Å². The molecule has 1 unspecified atom stereocenters. The lowest BCUT2D eigenvalue weighted by molar-refractivity contribution is 0.0921. The number of nitrogens with zero attached hydrogens (tertiary/aromatic N) is 1. The summed E-state index contributed by atoms with van der Waals surface area (Å²) in [4.78, 5) is 18.4. The van der Waals surface area contributed by atoms with E-state index >= 15 is 0 Å². The zero-order valence-corrected chi connectivity index (χ0v) is 14.9. The second-order valence-corrected chi connectivity index (χ2v) is 7.03. The van der Waals surface area contributed by atoms with Gasteiger partial charge in [0.1, 0.15) is 10.8 Å². The molecule has 26 heavy (non-hydrogen) atoms. The molecule has 0 saturated carbocycles. The van der Waals surface area contributed by atoms with E-state index < -0.39 is 0 Å². The Morgan fingerprint density at radius 3 is 2.73 bits per heavy atom. The molecule has 2 heterocycles. The molecule has 130 valence electrons. The fraction of sp³-hybridized carbons (Fsp3) is 0.143. The summed E-state index contributed by atoms with van der Waals surface area (Å²) in [5.74, 6) is 0.729. The number of hydrogen-bond donors (Lipinski definition) is 1. The second kappa shape index (κ2) is 7.62. The van der Waals surface area contributed by atoms with Gasteiger partial charge in [-0.3, -0.25) is 4.79 Å². The van der Waals surface area contributed by atoms with Gasteiger partial charge in [-0.05, 0) is 30.3 Å². The van der Waals surface area contributed by atoms with Crippen LogP contribution in [0.4, 0.5) is 0 Å². The number of para-hydroxylation sites is 1. The van der Waals surface area contributed by atoms with Gasteiger partial charge in [-0.15, -0.1) is 0 Å². The number of carbonyl (C=O) groups is 1. The van der Waals surface area contributed by atoms with Crippen LogP contribution in [0.2, 0.25) is 0 Å². The van der Waals surface area contributed by atoms with Crippen LogP contribution in [0.25, 0.3) is 0 Å². The summed E-state index contributed by atoms with van der Waals surface area (Å²) >= 11 is 1.49. The van der Waals surface area contributed by atoms with Crippen LogP contribution in [0.1, 0.15) is 28.4 Å². The van der Waals surface area contributed by atoms with Crippen LogP contribution in [0.15, 0.2) is 82.8 Å². The Hall–Kier alpha value is -2.79. The van der Waals surface area contributed by atoms with E-state index in [1.807, 2.05) is 60.7 Å². The number of rotatable bonds is 4. The van der Waals surface area contributed by atoms with Gasteiger partial charge in [0, 0.05) is 23.1 Å². The lowest BCUT2D eigenvalue weighted by Crippen LogP contribution is -2.32. The molecule has 1 N–H and O–H groups in total. The quantitative estimate of drug-likeness (QED) is 0.743. The summed E-state index contributed by atoms with van der Waals surface area (Å²) in [5.41, 5.74) is 1.61. The van der Waals surface area contributed by atoms with Gasteiger partial charge in [0.05, 0.1) is 18.2 Å². The molecule has 1 atom stereocenters. The Labute approximate surface area is 156 Å². The molecule has 3 aromatic rings. The van der Waals surface area contributed by atoms with E-state index in [0.717, 1.165) is 22.6 Å². The molecular formula is C21H18N2O2S. The van der Waals surface area contributed by atoms with E-state index in [-0.39, 0.29) is 11.9 Å². The molecular weight excluding hydrogens is 344 g/mol. The smallest absolute Gasteiger partial charge is 0.254 e. The Morgan fingerprint density at radius 1 is 1.04 bits per heavy atom. The van der Waals surface area contributed by atoms with Gasteiger partial charge in [-0.2, -0.15) is 0 Å². The summed E-state index contributed by atoms with van der Waals surface area (Å²) in [6, 6.07) is 21.4. The minimum Gasteiger partial charge on any atom is -0.493 e. The Balaban J connectivity index is 1.56.